The standard InChI is InChI=1S/C6H5NO2.H2O/c8-6-3-1-5(7-9)2-4-6;/h1-4,9H;1H2. The zero-order chi connectivity index (χ0) is 6.69. The van der Waals surface area contributed by atoms with Gasteiger partial charge >= 0.3 is 0 Å². The molecule has 0 unspecified atom stereocenters. The van der Waals surface area contributed by atoms with E-state index in [1.165, 1.54) is 24.3 Å². The van der Waals surface area contributed by atoms with Crippen molar-refractivity contribution in [3.63, 3.8) is 0 Å². The van der Waals surface area contributed by atoms with E-state index in [0.29, 0.717) is 5.71 Å². The quantitative estimate of drug-likeness (QED) is 0.285. The Labute approximate surface area is 57.5 Å². The Morgan fingerprint density at radius 2 is 1.70 bits per heavy atom. The van der Waals surface area contributed by atoms with Crippen LogP contribution in [0.4, 0.5) is 0 Å². The number of oxime groups is 1. The number of ketones is 1. The number of carbonyl (C=O) groups is 1. The molecule has 3 N–H and O–H groups in total. The molecule has 0 radical (unpaired) electrons. The van der Waals surface area contributed by atoms with Crippen LogP contribution in [0.5, 0.6) is 0 Å². The maximum absolute atomic E-state index is 10.4. The predicted molar refractivity (Wildman–Crippen MR) is 36.1 cm³/mol. The van der Waals surface area contributed by atoms with Gasteiger partial charge < -0.3 is 10.7 Å². The first kappa shape index (κ1) is 8.58. The Hall–Kier alpha value is -1.42. The van der Waals surface area contributed by atoms with Crippen LogP contribution >= 0.6 is 0 Å². The molecule has 1 rings (SSSR count). The summed E-state index contributed by atoms with van der Waals surface area (Å²) in [5, 5.41) is 11.0. The summed E-state index contributed by atoms with van der Waals surface area (Å²) in [5.74, 6) is -0.0811. The van der Waals surface area contributed by atoms with Crippen molar-refractivity contribution < 1.29 is 15.5 Å². The van der Waals surface area contributed by atoms with Crippen LogP contribution in [0.15, 0.2) is 29.5 Å². The van der Waals surface area contributed by atoms with E-state index in [1.807, 2.05) is 0 Å². The van der Waals surface area contributed by atoms with Gasteiger partial charge in [0.15, 0.2) is 5.78 Å². The Kier molecular flexibility index (Phi) is 3.07. The summed E-state index contributed by atoms with van der Waals surface area (Å²) < 4.78 is 0. The number of carbonyl (C=O) groups excluding carboxylic acids is 1. The van der Waals surface area contributed by atoms with E-state index in [9.17, 15) is 4.79 Å². The fraction of sp³-hybridized carbons (Fsp3) is 0. The molecular formula is C6H7NO3. The second-order valence-electron chi connectivity index (χ2n) is 1.59. The molecule has 0 spiro atoms. The zero-order valence-electron chi connectivity index (χ0n) is 5.11. The number of allylic oxidation sites excluding steroid dienone is 4. The molecule has 0 aromatic heterocycles. The van der Waals surface area contributed by atoms with Crippen LogP contribution in [-0.4, -0.2) is 22.2 Å². The number of hydrogen-bond acceptors (Lipinski definition) is 3. The van der Waals surface area contributed by atoms with E-state index in [1.54, 1.807) is 0 Å². The van der Waals surface area contributed by atoms with Gasteiger partial charge in [-0.1, -0.05) is 5.16 Å². The molecule has 1 aliphatic rings. The Bertz CT molecular complexity index is 197. The Morgan fingerprint density at radius 3 is 2.10 bits per heavy atom. The molecule has 4 nitrogen and oxygen atoms in total. The minimum absolute atomic E-state index is 0. The minimum Gasteiger partial charge on any atom is -0.412 e. The van der Waals surface area contributed by atoms with Crippen LogP contribution in [0.3, 0.4) is 0 Å². The van der Waals surface area contributed by atoms with Crippen LogP contribution in [0.1, 0.15) is 0 Å². The van der Waals surface area contributed by atoms with Gasteiger partial charge in [0.05, 0.1) is 0 Å². The third kappa shape index (κ3) is 1.83. The maximum atomic E-state index is 10.4. The lowest BCUT2D eigenvalue weighted by Crippen LogP contribution is -1.98. The van der Waals surface area contributed by atoms with E-state index in [4.69, 9.17) is 5.21 Å². The van der Waals surface area contributed by atoms with Gasteiger partial charge in [0.1, 0.15) is 5.71 Å². The summed E-state index contributed by atoms with van der Waals surface area (Å²) in [6, 6.07) is 0. The third-order valence-corrected chi connectivity index (χ3v) is 0.952. The van der Waals surface area contributed by atoms with E-state index < -0.39 is 0 Å². The van der Waals surface area contributed by atoms with Crippen molar-refractivity contribution in [1.29, 1.82) is 0 Å². The predicted octanol–water partition coefficient (Wildman–Crippen LogP) is -0.313. The molecule has 0 amide bonds. The van der Waals surface area contributed by atoms with Gasteiger partial charge in [0.2, 0.25) is 0 Å². The highest BCUT2D eigenvalue weighted by Gasteiger charge is 1.97. The molecule has 0 aromatic rings. The lowest BCUT2D eigenvalue weighted by atomic mass is 10.2. The summed E-state index contributed by atoms with van der Waals surface area (Å²) in [7, 11) is 0. The van der Waals surface area contributed by atoms with Crippen molar-refractivity contribution in [3.05, 3.63) is 24.3 Å². The van der Waals surface area contributed by atoms with Crippen LogP contribution in [-0.2, 0) is 4.79 Å². The lowest BCUT2D eigenvalue weighted by molar-refractivity contribution is -0.110. The maximum Gasteiger partial charge on any atom is 0.178 e. The van der Waals surface area contributed by atoms with Crippen molar-refractivity contribution in [2.24, 2.45) is 5.16 Å². The largest absolute Gasteiger partial charge is 0.412 e. The average molecular weight is 141 g/mol. The molecule has 4 heteroatoms. The van der Waals surface area contributed by atoms with Gasteiger partial charge in [-0.05, 0) is 24.3 Å². The molecule has 1 aliphatic carbocycles. The molecule has 0 aliphatic heterocycles. The molecule has 10 heavy (non-hydrogen) atoms. The van der Waals surface area contributed by atoms with Gasteiger partial charge in [0.25, 0.3) is 0 Å². The highest BCUT2D eigenvalue weighted by atomic mass is 16.4. The molecular weight excluding hydrogens is 134 g/mol. The van der Waals surface area contributed by atoms with Crippen molar-refractivity contribution in [1.82, 2.24) is 0 Å². The second kappa shape index (κ2) is 3.58. The summed E-state index contributed by atoms with van der Waals surface area (Å²) >= 11 is 0. The Balaban J connectivity index is 0.000000810. The summed E-state index contributed by atoms with van der Waals surface area (Å²) in [6.07, 6.45) is 5.58. The van der Waals surface area contributed by atoms with Crippen molar-refractivity contribution >= 4 is 11.5 Å². The van der Waals surface area contributed by atoms with Crippen LogP contribution in [0.25, 0.3) is 0 Å². The van der Waals surface area contributed by atoms with Gasteiger partial charge in [-0.3, -0.25) is 4.79 Å². The first-order valence-electron chi connectivity index (χ1n) is 2.45. The monoisotopic (exact) mass is 141 g/mol. The first-order chi connectivity index (χ1) is 4.33. The van der Waals surface area contributed by atoms with Crippen LogP contribution < -0.4 is 0 Å². The number of hydrogen-bond donors (Lipinski definition) is 1. The molecule has 0 saturated heterocycles. The van der Waals surface area contributed by atoms with E-state index >= 15 is 0 Å². The summed E-state index contributed by atoms with van der Waals surface area (Å²) in [4.78, 5) is 10.4. The summed E-state index contributed by atoms with van der Waals surface area (Å²) in [6.45, 7) is 0. The Morgan fingerprint density at radius 1 is 1.20 bits per heavy atom. The van der Waals surface area contributed by atoms with Crippen molar-refractivity contribution in [2.75, 3.05) is 0 Å². The number of rotatable bonds is 0. The molecule has 0 aromatic carbocycles. The molecule has 0 fully saturated rings. The lowest BCUT2D eigenvalue weighted by Gasteiger charge is -1.92. The fourth-order valence-electron chi connectivity index (χ4n) is 0.513. The molecule has 0 bridgehead atoms. The molecule has 54 valence electrons. The third-order valence-electron chi connectivity index (χ3n) is 0.952. The van der Waals surface area contributed by atoms with Crippen LogP contribution in [0.2, 0.25) is 0 Å². The SMILES string of the molecule is O.O=C1C=CC(=NO)C=C1. The van der Waals surface area contributed by atoms with Gasteiger partial charge in [-0.25, -0.2) is 0 Å². The van der Waals surface area contributed by atoms with Crippen LogP contribution in [0, 0.1) is 0 Å². The molecule has 0 heterocycles. The second-order valence-corrected chi connectivity index (χ2v) is 1.59. The fourth-order valence-corrected chi connectivity index (χ4v) is 0.513. The highest BCUT2D eigenvalue weighted by Crippen LogP contribution is 1.93. The van der Waals surface area contributed by atoms with Crippen molar-refractivity contribution in [2.45, 2.75) is 0 Å². The zero-order valence-corrected chi connectivity index (χ0v) is 5.11. The topological polar surface area (TPSA) is 81.2 Å². The van der Waals surface area contributed by atoms with E-state index in [-0.39, 0.29) is 11.3 Å². The van der Waals surface area contributed by atoms with E-state index in [2.05, 4.69) is 5.16 Å². The molecule has 0 atom stereocenters. The van der Waals surface area contributed by atoms with E-state index in [0.717, 1.165) is 0 Å². The van der Waals surface area contributed by atoms with Gasteiger partial charge in [-0.2, -0.15) is 0 Å². The van der Waals surface area contributed by atoms with Gasteiger partial charge in [0, 0.05) is 0 Å². The minimum atomic E-state index is -0.0811. The molecule has 0 saturated carbocycles. The van der Waals surface area contributed by atoms with Gasteiger partial charge in [-0.15, -0.1) is 0 Å². The highest BCUT2D eigenvalue weighted by molar-refractivity contribution is 6.16. The first-order valence-corrected chi connectivity index (χ1v) is 2.45. The summed E-state index contributed by atoms with van der Waals surface area (Å²) in [5.41, 5.74) is 0.398. The van der Waals surface area contributed by atoms with Crippen molar-refractivity contribution in [3.8, 4) is 0 Å². The average Bonchev–Trinajstić information content (AvgIpc) is 1.90. The smallest absolute Gasteiger partial charge is 0.178 e. The normalized spacial score (nSPS) is 14.8. The number of nitrogens with zero attached hydrogens (tertiary/aromatic N) is 1.